The van der Waals surface area contributed by atoms with Crippen molar-refractivity contribution in [2.75, 3.05) is 38.3 Å². The third kappa shape index (κ3) is 5.33. The minimum Gasteiger partial charge on any atom is -0.480 e. The Labute approximate surface area is 124 Å². The fraction of sp³-hybridized carbons (Fsp3) is 0.462. The number of carbonyl (C=O) groups is 1. The lowest BCUT2D eigenvalue weighted by molar-refractivity contribution is -0.135. The number of rotatable bonds is 9. The summed E-state index contributed by atoms with van der Waals surface area (Å²) < 4.78 is 31.0. The van der Waals surface area contributed by atoms with E-state index in [1.807, 2.05) is 0 Å². The monoisotopic (exact) mass is 316 g/mol. The Balaban J connectivity index is 2.94. The second kappa shape index (κ2) is 7.96. The quantitative estimate of drug-likeness (QED) is 0.689. The first kappa shape index (κ1) is 17.4. The van der Waals surface area contributed by atoms with Crippen molar-refractivity contribution >= 4 is 21.7 Å². The van der Waals surface area contributed by atoms with Gasteiger partial charge < -0.3 is 14.7 Å². The fourth-order valence-electron chi connectivity index (χ4n) is 1.77. The van der Waals surface area contributed by atoms with Gasteiger partial charge in [-0.15, -0.1) is 0 Å². The van der Waals surface area contributed by atoms with Crippen LogP contribution in [0.3, 0.4) is 0 Å². The maximum Gasteiger partial charge on any atom is 0.323 e. The predicted molar refractivity (Wildman–Crippen MR) is 79.0 cm³/mol. The minimum absolute atomic E-state index is 0.148. The molecule has 0 fully saturated rings. The van der Waals surface area contributed by atoms with Gasteiger partial charge in [-0.25, -0.2) is 13.1 Å². The molecule has 7 nitrogen and oxygen atoms in total. The summed E-state index contributed by atoms with van der Waals surface area (Å²) in [6.45, 7) is 2.61. The maximum absolute atomic E-state index is 11.8. The average molecular weight is 316 g/mol. The first-order valence-corrected chi connectivity index (χ1v) is 7.94. The highest BCUT2D eigenvalue weighted by atomic mass is 32.2. The summed E-state index contributed by atoms with van der Waals surface area (Å²) in [7, 11) is -1.97. The van der Waals surface area contributed by atoms with Crippen molar-refractivity contribution in [3.8, 4) is 0 Å². The van der Waals surface area contributed by atoms with Crippen molar-refractivity contribution in [2.45, 2.75) is 11.8 Å². The molecule has 0 atom stereocenters. The highest BCUT2D eigenvalue weighted by molar-refractivity contribution is 7.89. The van der Waals surface area contributed by atoms with Gasteiger partial charge in [-0.05, 0) is 24.3 Å². The standard InChI is InChI=1S/C13H20N2O5S/c1-3-14-21(18,19)12-6-4-11(5-7-12)15(8-9-20-2)10-13(16)17/h4-7,14H,3,8-10H2,1-2H3,(H,16,17). The molecule has 8 heteroatoms. The van der Waals surface area contributed by atoms with Gasteiger partial charge >= 0.3 is 5.97 Å². The molecule has 0 aliphatic rings. The van der Waals surface area contributed by atoms with Crippen LogP contribution in [0.1, 0.15) is 6.92 Å². The zero-order valence-electron chi connectivity index (χ0n) is 12.1. The lowest BCUT2D eigenvalue weighted by Crippen LogP contribution is -2.32. The van der Waals surface area contributed by atoms with Crippen LogP contribution in [-0.2, 0) is 19.6 Å². The molecule has 0 amide bonds. The second-order valence-electron chi connectivity index (χ2n) is 4.30. The lowest BCUT2D eigenvalue weighted by atomic mass is 10.3. The zero-order valence-corrected chi connectivity index (χ0v) is 12.9. The summed E-state index contributed by atoms with van der Waals surface area (Å²) in [5, 5.41) is 8.91. The molecule has 0 aromatic heterocycles. The molecule has 0 aliphatic heterocycles. The van der Waals surface area contributed by atoms with Crippen LogP contribution in [0, 0.1) is 0 Å². The number of hydrogen-bond acceptors (Lipinski definition) is 5. The number of sulfonamides is 1. The van der Waals surface area contributed by atoms with Crippen LogP contribution in [0.25, 0.3) is 0 Å². The number of carboxylic acid groups (broad SMARTS) is 1. The van der Waals surface area contributed by atoms with Crippen LogP contribution in [0.5, 0.6) is 0 Å². The molecule has 2 N–H and O–H groups in total. The number of nitrogens with one attached hydrogen (secondary N) is 1. The number of aliphatic carboxylic acids is 1. The molecule has 1 aromatic carbocycles. The predicted octanol–water partition coefficient (Wildman–Crippen LogP) is 0.522. The van der Waals surface area contributed by atoms with Crippen LogP contribution in [0.15, 0.2) is 29.2 Å². The van der Waals surface area contributed by atoms with Gasteiger partial charge in [-0.1, -0.05) is 6.92 Å². The number of anilines is 1. The van der Waals surface area contributed by atoms with Gasteiger partial charge in [0.2, 0.25) is 10.0 Å². The van der Waals surface area contributed by atoms with E-state index < -0.39 is 16.0 Å². The molecule has 21 heavy (non-hydrogen) atoms. The third-order valence-electron chi connectivity index (χ3n) is 2.74. The molecule has 118 valence electrons. The van der Waals surface area contributed by atoms with Crippen LogP contribution in [0.4, 0.5) is 5.69 Å². The number of benzene rings is 1. The molecule has 0 saturated carbocycles. The van der Waals surface area contributed by atoms with Crippen LogP contribution >= 0.6 is 0 Å². The number of carboxylic acids is 1. The van der Waals surface area contributed by atoms with E-state index >= 15 is 0 Å². The first-order chi connectivity index (χ1) is 9.90. The number of methoxy groups -OCH3 is 1. The Morgan fingerprint density at radius 1 is 1.33 bits per heavy atom. The van der Waals surface area contributed by atoms with E-state index in [0.29, 0.717) is 25.4 Å². The molecule has 1 rings (SSSR count). The van der Waals surface area contributed by atoms with E-state index in [0.717, 1.165) is 0 Å². The van der Waals surface area contributed by atoms with E-state index in [9.17, 15) is 13.2 Å². The SMILES string of the molecule is CCNS(=O)(=O)c1ccc(N(CCOC)CC(=O)O)cc1. The summed E-state index contributed by atoms with van der Waals surface area (Å²) >= 11 is 0. The summed E-state index contributed by atoms with van der Waals surface area (Å²) in [5.41, 5.74) is 0.630. The van der Waals surface area contributed by atoms with E-state index in [2.05, 4.69) is 4.72 Å². The highest BCUT2D eigenvalue weighted by Gasteiger charge is 2.14. The van der Waals surface area contributed by atoms with Crippen molar-refractivity contribution in [3.63, 3.8) is 0 Å². The molecule has 0 spiro atoms. The van der Waals surface area contributed by atoms with E-state index in [1.54, 1.807) is 24.0 Å². The topological polar surface area (TPSA) is 95.9 Å². The molecular formula is C13H20N2O5S. The van der Waals surface area contributed by atoms with E-state index in [-0.39, 0.29) is 11.4 Å². The van der Waals surface area contributed by atoms with E-state index in [1.165, 1.54) is 19.2 Å². The van der Waals surface area contributed by atoms with Gasteiger partial charge in [-0.2, -0.15) is 0 Å². The second-order valence-corrected chi connectivity index (χ2v) is 6.07. The highest BCUT2D eigenvalue weighted by Crippen LogP contribution is 2.17. The first-order valence-electron chi connectivity index (χ1n) is 6.46. The Bertz CT molecular complexity index is 556. The Kier molecular flexibility index (Phi) is 6.60. The van der Waals surface area contributed by atoms with Gasteiger partial charge in [-0.3, -0.25) is 4.79 Å². The average Bonchev–Trinajstić information content (AvgIpc) is 2.43. The third-order valence-corrected chi connectivity index (χ3v) is 4.30. The summed E-state index contributed by atoms with van der Waals surface area (Å²) in [6, 6.07) is 6.08. The molecule has 0 saturated heterocycles. The van der Waals surface area contributed by atoms with Gasteiger partial charge in [0, 0.05) is 25.9 Å². The summed E-state index contributed by atoms with van der Waals surface area (Å²) in [4.78, 5) is 12.6. The smallest absolute Gasteiger partial charge is 0.323 e. The van der Waals surface area contributed by atoms with Crippen molar-refractivity contribution < 1.29 is 23.1 Å². The Hall–Kier alpha value is -1.64. The molecule has 0 heterocycles. The van der Waals surface area contributed by atoms with Crippen LogP contribution in [-0.4, -0.2) is 52.8 Å². The fourth-order valence-corrected chi connectivity index (χ4v) is 2.81. The van der Waals surface area contributed by atoms with Crippen molar-refractivity contribution in [1.82, 2.24) is 4.72 Å². The Morgan fingerprint density at radius 2 is 1.95 bits per heavy atom. The van der Waals surface area contributed by atoms with Crippen LogP contribution < -0.4 is 9.62 Å². The van der Waals surface area contributed by atoms with E-state index in [4.69, 9.17) is 9.84 Å². The molecular weight excluding hydrogens is 296 g/mol. The normalized spacial score (nSPS) is 11.3. The van der Waals surface area contributed by atoms with Gasteiger partial charge in [0.25, 0.3) is 0 Å². The van der Waals surface area contributed by atoms with Crippen molar-refractivity contribution in [2.24, 2.45) is 0 Å². The summed E-state index contributed by atoms with van der Waals surface area (Å²) in [6.07, 6.45) is 0. The lowest BCUT2D eigenvalue weighted by Gasteiger charge is -2.22. The molecule has 0 unspecified atom stereocenters. The Morgan fingerprint density at radius 3 is 2.43 bits per heavy atom. The number of ether oxygens (including phenoxy) is 1. The molecule has 0 aliphatic carbocycles. The zero-order chi connectivity index (χ0) is 15.9. The largest absolute Gasteiger partial charge is 0.480 e. The van der Waals surface area contributed by atoms with Gasteiger partial charge in [0.15, 0.2) is 0 Å². The van der Waals surface area contributed by atoms with Gasteiger partial charge in [0.1, 0.15) is 6.54 Å². The maximum atomic E-state index is 11.8. The minimum atomic E-state index is -3.50. The van der Waals surface area contributed by atoms with Gasteiger partial charge in [0.05, 0.1) is 11.5 Å². The summed E-state index contributed by atoms with van der Waals surface area (Å²) in [5.74, 6) is -0.963. The molecule has 1 aromatic rings. The molecule has 0 bridgehead atoms. The number of hydrogen-bond donors (Lipinski definition) is 2. The van der Waals surface area contributed by atoms with Crippen molar-refractivity contribution in [3.05, 3.63) is 24.3 Å². The number of nitrogens with zero attached hydrogens (tertiary/aromatic N) is 1. The van der Waals surface area contributed by atoms with Crippen molar-refractivity contribution in [1.29, 1.82) is 0 Å². The van der Waals surface area contributed by atoms with Crippen LogP contribution in [0.2, 0.25) is 0 Å². The molecule has 0 radical (unpaired) electrons.